The lowest BCUT2D eigenvalue weighted by molar-refractivity contribution is -0.116. The van der Waals surface area contributed by atoms with Gasteiger partial charge in [-0.15, -0.1) is 11.3 Å². The minimum atomic E-state index is -0.428. The molecular formula is C23H21FN2OS. The number of rotatable bonds is 6. The summed E-state index contributed by atoms with van der Waals surface area (Å²) in [4.78, 5) is 17.3. The van der Waals surface area contributed by atoms with Gasteiger partial charge in [-0.2, -0.15) is 0 Å². The lowest BCUT2D eigenvalue weighted by Gasteiger charge is -2.16. The van der Waals surface area contributed by atoms with E-state index in [4.69, 9.17) is 0 Å². The fourth-order valence-electron chi connectivity index (χ4n) is 3.62. The average molecular weight is 392 g/mol. The number of para-hydroxylation sites is 2. The van der Waals surface area contributed by atoms with Gasteiger partial charge >= 0.3 is 0 Å². The van der Waals surface area contributed by atoms with Crippen molar-refractivity contribution < 1.29 is 9.18 Å². The molecule has 0 aliphatic rings. The number of hydrogen-bond donors (Lipinski definition) is 2. The highest BCUT2D eigenvalue weighted by Gasteiger charge is 2.23. The second-order valence-corrected chi connectivity index (χ2v) is 7.72. The van der Waals surface area contributed by atoms with Crippen LogP contribution in [0.15, 0.2) is 66.2 Å². The number of aromatic amines is 1. The monoisotopic (exact) mass is 392 g/mol. The molecule has 0 saturated carbocycles. The number of halogens is 1. The standard InChI is InChI=1S/C23H21FN2OS/c1-2-15-7-5-8-16-18(14-25-23(15)16)17(21-11-6-12-28-21)13-22(27)26-20-10-4-3-9-19(20)24/h3-12,14,17,25H,2,13H2,1H3,(H,26,27). The molecule has 2 heterocycles. The van der Waals surface area contributed by atoms with Crippen LogP contribution >= 0.6 is 11.3 Å². The van der Waals surface area contributed by atoms with E-state index >= 15 is 0 Å². The first-order valence-electron chi connectivity index (χ1n) is 9.34. The minimum Gasteiger partial charge on any atom is -0.361 e. The fourth-order valence-corrected chi connectivity index (χ4v) is 4.47. The topological polar surface area (TPSA) is 44.9 Å². The summed E-state index contributed by atoms with van der Waals surface area (Å²) < 4.78 is 13.9. The smallest absolute Gasteiger partial charge is 0.225 e. The predicted molar refractivity (Wildman–Crippen MR) is 113 cm³/mol. The Kier molecular flexibility index (Phi) is 5.26. The summed E-state index contributed by atoms with van der Waals surface area (Å²) in [5, 5.41) is 5.87. The number of aryl methyl sites for hydroxylation is 1. The Balaban J connectivity index is 1.68. The van der Waals surface area contributed by atoms with Crippen LogP contribution in [0.4, 0.5) is 10.1 Å². The zero-order chi connectivity index (χ0) is 19.5. The first-order chi connectivity index (χ1) is 13.7. The van der Waals surface area contributed by atoms with Gasteiger partial charge in [0.2, 0.25) is 5.91 Å². The van der Waals surface area contributed by atoms with Gasteiger partial charge in [0.15, 0.2) is 0 Å². The van der Waals surface area contributed by atoms with Crippen molar-refractivity contribution >= 4 is 33.8 Å². The highest BCUT2D eigenvalue weighted by atomic mass is 32.1. The first kappa shape index (κ1) is 18.4. The molecule has 3 nitrogen and oxygen atoms in total. The Bertz CT molecular complexity index is 1100. The Labute approximate surface area is 167 Å². The molecule has 4 rings (SSSR count). The van der Waals surface area contributed by atoms with Crippen LogP contribution in [0.3, 0.4) is 0 Å². The van der Waals surface area contributed by atoms with Gasteiger partial charge in [0, 0.05) is 34.3 Å². The third-order valence-electron chi connectivity index (χ3n) is 5.01. The molecule has 142 valence electrons. The predicted octanol–water partition coefficient (Wildman–Crippen LogP) is 6.09. The van der Waals surface area contributed by atoms with Gasteiger partial charge in [-0.3, -0.25) is 4.79 Å². The SMILES string of the molecule is CCc1cccc2c(C(CC(=O)Nc3ccccc3F)c3cccs3)c[nH]c12. The van der Waals surface area contributed by atoms with Gasteiger partial charge in [-0.05, 0) is 41.1 Å². The number of anilines is 1. The maximum atomic E-state index is 13.9. The molecule has 0 saturated heterocycles. The van der Waals surface area contributed by atoms with Crippen LogP contribution in [0.5, 0.6) is 0 Å². The van der Waals surface area contributed by atoms with Gasteiger partial charge in [0.05, 0.1) is 5.69 Å². The summed E-state index contributed by atoms with van der Waals surface area (Å²) in [5.41, 5.74) is 3.68. The number of benzene rings is 2. The van der Waals surface area contributed by atoms with E-state index in [1.165, 1.54) is 11.6 Å². The lowest BCUT2D eigenvalue weighted by atomic mass is 9.92. The molecule has 2 aromatic heterocycles. The molecule has 0 aliphatic carbocycles. The molecule has 0 spiro atoms. The van der Waals surface area contributed by atoms with Crippen LogP contribution in [0.25, 0.3) is 10.9 Å². The van der Waals surface area contributed by atoms with Gasteiger partial charge in [-0.25, -0.2) is 4.39 Å². The van der Waals surface area contributed by atoms with Crippen molar-refractivity contribution in [1.29, 1.82) is 0 Å². The molecule has 5 heteroatoms. The molecule has 0 aliphatic heterocycles. The van der Waals surface area contributed by atoms with Crippen LogP contribution in [-0.4, -0.2) is 10.9 Å². The molecule has 4 aromatic rings. The van der Waals surface area contributed by atoms with Gasteiger partial charge in [-0.1, -0.05) is 43.3 Å². The molecule has 0 radical (unpaired) electrons. The van der Waals surface area contributed by atoms with E-state index in [-0.39, 0.29) is 23.9 Å². The number of aromatic nitrogens is 1. The number of fused-ring (bicyclic) bond motifs is 1. The lowest BCUT2D eigenvalue weighted by Crippen LogP contribution is -2.16. The summed E-state index contributed by atoms with van der Waals surface area (Å²) >= 11 is 1.63. The summed E-state index contributed by atoms with van der Waals surface area (Å²) in [5.74, 6) is -0.722. The zero-order valence-electron chi connectivity index (χ0n) is 15.5. The minimum absolute atomic E-state index is 0.0902. The maximum absolute atomic E-state index is 13.9. The van der Waals surface area contributed by atoms with E-state index in [1.807, 2.05) is 23.7 Å². The third-order valence-corrected chi connectivity index (χ3v) is 6.00. The van der Waals surface area contributed by atoms with Gasteiger partial charge in [0.1, 0.15) is 5.82 Å². The number of carbonyl (C=O) groups excluding carboxylic acids is 1. The van der Waals surface area contributed by atoms with Crippen molar-refractivity contribution in [2.45, 2.75) is 25.7 Å². The second kappa shape index (κ2) is 7.98. The highest BCUT2D eigenvalue weighted by Crippen LogP contribution is 2.36. The normalized spacial score (nSPS) is 12.2. The van der Waals surface area contributed by atoms with Crippen LogP contribution < -0.4 is 5.32 Å². The number of thiophene rings is 1. The molecule has 1 unspecified atom stereocenters. The average Bonchev–Trinajstić information content (AvgIpc) is 3.38. The molecule has 1 amide bonds. The molecule has 28 heavy (non-hydrogen) atoms. The van der Waals surface area contributed by atoms with Crippen LogP contribution in [0.1, 0.15) is 35.3 Å². The summed E-state index contributed by atoms with van der Waals surface area (Å²) in [6, 6.07) is 16.6. The fraction of sp³-hybridized carbons (Fsp3) is 0.174. The Morgan fingerprint density at radius 3 is 2.75 bits per heavy atom. The van der Waals surface area contributed by atoms with Crippen molar-refractivity contribution in [1.82, 2.24) is 4.98 Å². The zero-order valence-corrected chi connectivity index (χ0v) is 16.4. The van der Waals surface area contributed by atoms with Crippen molar-refractivity contribution in [3.63, 3.8) is 0 Å². The van der Waals surface area contributed by atoms with E-state index in [9.17, 15) is 9.18 Å². The van der Waals surface area contributed by atoms with Crippen LogP contribution in [0, 0.1) is 5.82 Å². The molecule has 1 atom stereocenters. The van der Waals surface area contributed by atoms with E-state index in [0.29, 0.717) is 0 Å². The number of hydrogen-bond acceptors (Lipinski definition) is 2. The van der Waals surface area contributed by atoms with Crippen LogP contribution in [0.2, 0.25) is 0 Å². The van der Waals surface area contributed by atoms with Crippen LogP contribution in [-0.2, 0) is 11.2 Å². The molecule has 2 aromatic carbocycles. The van der Waals surface area contributed by atoms with Crippen molar-refractivity contribution in [3.8, 4) is 0 Å². The van der Waals surface area contributed by atoms with Crippen molar-refractivity contribution in [2.24, 2.45) is 0 Å². The number of nitrogens with one attached hydrogen (secondary N) is 2. The third kappa shape index (κ3) is 3.58. The highest BCUT2D eigenvalue weighted by molar-refractivity contribution is 7.10. The quantitative estimate of drug-likeness (QED) is 0.410. The first-order valence-corrected chi connectivity index (χ1v) is 10.2. The maximum Gasteiger partial charge on any atom is 0.225 e. The summed E-state index contributed by atoms with van der Waals surface area (Å²) in [6.45, 7) is 2.13. The second-order valence-electron chi connectivity index (χ2n) is 6.74. The Morgan fingerprint density at radius 2 is 2.00 bits per heavy atom. The summed E-state index contributed by atoms with van der Waals surface area (Å²) in [7, 11) is 0. The van der Waals surface area contributed by atoms with E-state index < -0.39 is 5.82 Å². The number of amides is 1. The van der Waals surface area contributed by atoms with Crippen molar-refractivity contribution in [3.05, 3.63) is 88.0 Å². The number of H-pyrrole nitrogens is 1. The van der Waals surface area contributed by atoms with Gasteiger partial charge < -0.3 is 10.3 Å². The summed E-state index contributed by atoms with van der Waals surface area (Å²) in [6.07, 6.45) is 3.19. The molecular weight excluding hydrogens is 371 g/mol. The number of carbonyl (C=O) groups is 1. The largest absolute Gasteiger partial charge is 0.361 e. The van der Waals surface area contributed by atoms with E-state index in [0.717, 1.165) is 27.8 Å². The Hall–Kier alpha value is -2.92. The molecule has 0 bridgehead atoms. The van der Waals surface area contributed by atoms with Crippen molar-refractivity contribution in [2.75, 3.05) is 5.32 Å². The molecule has 2 N–H and O–H groups in total. The molecule has 0 fully saturated rings. The van der Waals surface area contributed by atoms with E-state index in [1.54, 1.807) is 29.5 Å². The Morgan fingerprint density at radius 1 is 1.14 bits per heavy atom. The van der Waals surface area contributed by atoms with Gasteiger partial charge in [0.25, 0.3) is 0 Å². The van der Waals surface area contributed by atoms with E-state index in [2.05, 4.69) is 35.4 Å².